The second-order valence-corrected chi connectivity index (χ2v) is 5.13. The van der Waals surface area contributed by atoms with Crippen LogP contribution in [-0.2, 0) is 12.8 Å². The van der Waals surface area contributed by atoms with Crippen LogP contribution < -0.4 is 9.47 Å². The van der Waals surface area contributed by atoms with Crippen molar-refractivity contribution in [2.45, 2.75) is 19.7 Å². The summed E-state index contributed by atoms with van der Waals surface area (Å²) < 4.78 is 48.8. The van der Waals surface area contributed by atoms with Gasteiger partial charge in [-0.15, -0.1) is 10.2 Å². The predicted octanol–water partition coefficient (Wildman–Crippen LogP) is 3.45. The van der Waals surface area contributed by atoms with E-state index >= 15 is 0 Å². The van der Waals surface area contributed by atoms with Gasteiger partial charge in [-0.05, 0) is 25.1 Å². The van der Waals surface area contributed by atoms with Crippen molar-refractivity contribution in [3.05, 3.63) is 33.8 Å². The van der Waals surface area contributed by atoms with Crippen molar-refractivity contribution in [3.8, 4) is 11.5 Å². The monoisotopic (exact) mass is 304 g/mol. The van der Waals surface area contributed by atoms with Crippen LogP contribution in [-0.4, -0.2) is 17.3 Å². The Labute approximate surface area is 117 Å². The molecule has 0 spiro atoms. The van der Waals surface area contributed by atoms with Gasteiger partial charge in [-0.25, -0.2) is 0 Å². The highest BCUT2D eigenvalue weighted by molar-refractivity contribution is 7.11. The molecule has 0 N–H and O–H groups in total. The lowest BCUT2D eigenvalue weighted by Gasteiger charge is -2.14. The van der Waals surface area contributed by atoms with Gasteiger partial charge >= 0.3 is 6.18 Å². The highest BCUT2D eigenvalue weighted by Crippen LogP contribution is 2.38. The maximum Gasteiger partial charge on any atom is 0.420 e. The molecule has 0 radical (unpaired) electrons. The Hall–Kier alpha value is -1.83. The van der Waals surface area contributed by atoms with Gasteiger partial charge in [-0.2, -0.15) is 13.2 Å². The molecule has 1 aromatic heterocycles. The number of halogens is 3. The van der Waals surface area contributed by atoms with Crippen molar-refractivity contribution >= 4 is 11.3 Å². The van der Waals surface area contributed by atoms with Gasteiger partial charge in [0.1, 0.15) is 28.7 Å². The van der Waals surface area contributed by atoms with E-state index in [4.69, 9.17) is 9.47 Å². The van der Waals surface area contributed by atoms with Crippen molar-refractivity contribution < 1.29 is 22.6 Å². The van der Waals surface area contributed by atoms with Crippen LogP contribution in [0, 0.1) is 6.92 Å². The van der Waals surface area contributed by atoms with Crippen LogP contribution in [0.4, 0.5) is 13.2 Å². The average molecular weight is 304 g/mol. The molecule has 8 heteroatoms. The maximum atomic E-state index is 12.9. The number of ether oxygens (including phenoxy) is 2. The fourth-order valence-corrected chi connectivity index (χ4v) is 2.14. The number of alkyl halides is 3. The Kier molecular flexibility index (Phi) is 4.12. The molecule has 108 valence electrons. The number of aromatic nitrogens is 2. The second-order valence-electron chi connectivity index (χ2n) is 3.86. The van der Waals surface area contributed by atoms with E-state index in [0.717, 1.165) is 11.1 Å². The Morgan fingerprint density at radius 2 is 2.00 bits per heavy atom. The van der Waals surface area contributed by atoms with Crippen LogP contribution in [0.1, 0.15) is 15.6 Å². The first-order valence-electron chi connectivity index (χ1n) is 5.57. The number of benzene rings is 1. The summed E-state index contributed by atoms with van der Waals surface area (Å²) in [4.78, 5) is 0. The van der Waals surface area contributed by atoms with Crippen LogP contribution in [0.3, 0.4) is 0 Å². The third-order valence-corrected chi connectivity index (χ3v) is 3.22. The first-order valence-corrected chi connectivity index (χ1v) is 6.39. The lowest BCUT2D eigenvalue weighted by Crippen LogP contribution is -2.09. The van der Waals surface area contributed by atoms with E-state index in [2.05, 4.69) is 10.2 Å². The molecular formula is C12H11F3N2O2S. The van der Waals surface area contributed by atoms with E-state index in [9.17, 15) is 13.2 Å². The van der Waals surface area contributed by atoms with E-state index < -0.39 is 11.7 Å². The first-order chi connectivity index (χ1) is 9.40. The SMILES string of the molecule is COc1ccc(OCc2nnc(C)s2)c(C(F)(F)F)c1. The summed E-state index contributed by atoms with van der Waals surface area (Å²) in [5.41, 5.74) is -0.877. The molecule has 0 aliphatic heterocycles. The third-order valence-electron chi connectivity index (χ3n) is 2.41. The number of aryl methyl sites for hydroxylation is 1. The third kappa shape index (κ3) is 3.38. The quantitative estimate of drug-likeness (QED) is 0.868. The first kappa shape index (κ1) is 14.6. The van der Waals surface area contributed by atoms with E-state index in [-0.39, 0.29) is 18.1 Å². The van der Waals surface area contributed by atoms with Gasteiger partial charge in [0.05, 0.1) is 7.11 Å². The topological polar surface area (TPSA) is 44.2 Å². The molecule has 0 saturated carbocycles. The van der Waals surface area contributed by atoms with Crippen LogP contribution >= 0.6 is 11.3 Å². The number of hydrogen-bond donors (Lipinski definition) is 0. The van der Waals surface area contributed by atoms with Gasteiger partial charge < -0.3 is 9.47 Å². The molecule has 0 unspecified atom stereocenters. The minimum absolute atomic E-state index is 0.0546. The standard InChI is InChI=1S/C12H11F3N2O2S/c1-7-16-17-11(20-7)6-19-10-4-3-8(18-2)5-9(10)12(13,14)15/h3-5H,6H2,1-2H3. The van der Waals surface area contributed by atoms with Crippen molar-refractivity contribution in [2.24, 2.45) is 0 Å². The van der Waals surface area contributed by atoms with Crippen molar-refractivity contribution in [3.63, 3.8) is 0 Å². The molecule has 1 aromatic carbocycles. The zero-order valence-corrected chi connectivity index (χ0v) is 11.5. The smallest absolute Gasteiger partial charge is 0.420 e. The van der Waals surface area contributed by atoms with Crippen LogP contribution in [0.15, 0.2) is 18.2 Å². The largest absolute Gasteiger partial charge is 0.497 e. The molecule has 0 aliphatic carbocycles. The number of hydrogen-bond acceptors (Lipinski definition) is 5. The van der Waals surface area contributed by atoms with Gasteiger partial charge in [0.2, 0.25) is 0 Å². The molecule has 0 aliphatic rings. The number of nitrogens with zero attached hydrogens (tertiary/aromatic N) is 2. The van der Waals surface area contributed by atoms with Gasteiger partial charge in [0.15, 0.2) is 5.01 Å². The summed E-state index contributed by atoms with van der Waals surface area (Å²) in [5, 5.41) is 8.82. The lowest BCUT2D eigenvalue weighted by molar-refractivity contribution is -0.139. The molecule has 4 nitrogen and oxygen atoms in total. The molecule has 0 atom stereocenters. The van der Waals surface area contributed by atoms with Crippen LogP contribution in [0.5, 0.6) is 11.5 Å². The molecule has 1 heterocycles. The predicted molar refractivity (Wildman–Crippen MR) is 67.0 cm³/mol. The second kappa shape index (κ2) is 5.66. The summed E-state index contributed by atoms with van der Waals surface area (Å²) in [6.45, 7) is 1.70. The minimum atomic E-state index is -4.51. The van der Waals surface area contributed by atoms with Gasteiger partial charge in [-0.1, -0.05) is 11.3 Å². The van der Waals surface area contributed by atoms with Gasteiger partial charge in [0, 0.05) is 0 Å². The molecule has 0 fully saturated rings. The minimum Gasteiger partial charge on any atom is -0.497 e. The summed E-state index contributed by atoms with van der Waals surface area (Å²) in [6.07, 6.45) is -4.51. The van der Waals surface area contributed by atoms with Crippen molar-refractivity contribution in [1.82, 2.24) is 10.2 Å². The van der Waals surface area contributed by atoms with Gasteiger partial charge in [0.25, 0.3) is 0 Å². The lowest BCUT2D eigenvalue weighted by atomic mass is 10.2. The zero-order chi connectivity index (χ0) is 14.8. The highest BCUT2D eigenvalue weighted by atomic mass is 32.1. The normalized spacial score (nSPS) is 11.4. The summed E-state index contributed by atoms with van der Waals surface area (Å²) in [5.74, 6) is -0.136. The van der Waals surface area contributed by atoms with Crippen LogP contribution in [0.2, 0.25) is 0 Å². The van der Waals surface area contributed by atoms with E-state index in [1.807, 2.05) is 0 Å². The molecule has 20 heavy (non-hydrogen) atoms. The Balaban J connectivity index is 2.22. The van der Waals surface area contributed by atoms with E-state index in [1.165, 1.54) is 30.6 Å². The van der Waals surface area contributed by atoms with Crippen LogP contribution in [0.25, 0.3) is 0 Å². The Morgan fingerprint density at radius 3 is 2.55 bits per heavy atom. The molecule has 2 aromatic rings. The number of methoxy groups -OCH3 is 1. The summed E-state index contributed by atoms with van der Waals surface area (Å²) in [6, 6.07) is 3.55. The number of rotatable bonds is 4. The van der Waals surface area contributed by atoms with Gasteiger partial charge in [-0.3, -0.25) is 0 Å². The molecule has 2 rings (SSSR count). The molecule has 0 saturated heterocycles. The highest BCUT2D eigenvalue weighted by Gasteiger charge is 2.35. The van der Waals surface area contributed by atoms with E-state index in [0.29, 0.717) is 5.01 Å². The maximum absolute atomic E-state index is 12.9. The fourth-order valence-electron chi connectivity index (χ4n) is 1.52. The van der Waals surface area contributed by atoms with Crippen molar-refractivity contribution in [1.29, 1.82) is 0 Å². The van der Waals surface area contributed by atoms with E-state index in [1.54, 1.807) is 6.92 Å². The zero-order valence-electron chi connectivity index (χ0n) is 10.7. The Bertz CT molecular complexity index is 599. The molecule has 0 amide bonds. The molecule has 0 bridgehead atoms. The average Bonchev–Trinajstić information content (AvgIpc) is 2.81. The summed E-state index contributed by atoms with van der Waals surface area (Å²) >= 11 is 1.27. The summed E-state index contributed by atoms with van der Waals surface area (Å²) in [7, 11) is 1.31. The Morgan fingerprint density at radius 1 is 1.25 bits per heavy atom. The fraction of sp³-hybridized carbons (Fsp3) is 0.333. The van der Waals surface area contributed by atoms with Crippen molar-refractivity contribution in [2.75, 3.05) is 7.11 Å². The molecular weight excluding hydrogens is 293 g/mol.